The van der Waals surface area contributed by atoms with Crippen molar-refractivity contribution in [1.82, 2.24) is 0 Å². The molecular formula is C11H7ClO2. The summed E-state index contributed by atoms with van der Waals surface area (Å²) < 4.78 is 0. The molecule has 0 heterocycles. The Labute approximate surface area is 85.7 Å². The van der Waals surface area contributed by atoms with Crippen LogP contribution in [0.15, 0.2) is 36.4 Å². The Hall–Kier alpha value is -1.54. The molecule has 0 aromatic heterocycles. The van der Waals surface area contributed by atoms with Crippen molar-refractivity contribution >= 4 is 28.3 Å². The summed E-state index contributed by atoms with van der Waals surface area (Å²) >= 11 is 5.94. The van der Waals surface area contributed by atoms with Crippen LogP contribution in [0.2, 0.25) is 5.02 Å². The highest BCUT2D eigenvalue weighted by atomic mass is 35.5. The normalized spacial score (nSPS) is 10.4. The zero-order chi connectivity index (χ0) is 10.1. The molecule has 2 nitrogen and oxygen atoms in total. The van der Waals surface area contributed by atoms with Gasteiger partial charge in [-0.25, -0.2) is 4.79 Å². The fourth-order valence-corrected chi connectivity index (χ4v) is 1.60. The van der Waals surface area contributed by atoms with E-state index in [9.17, 15) is 4.79 Å². The molecule has 0 atom stereocenters. The minimum absolute atomic E-state index is 0.255. The van der Waals surface area contributed by atoms with Crippen molar-refractivity contribution in [2.75, 3.05) is 0 Å². The second-order valence-corrected chi connectivity index (χ2v) is 3.39. The lowest BCUT2D eigenvalue weighted by Gasteiger charge is -2.01. The third-order valence-electron chi connectivity index (χ3n) is 2.08. The summed E-state index contributed by atoms with van der Waals surface area (Å²) in [7, 11) is 0. The summed E-state index contributed by atoms with van der Waals surface area (Å²) in [6, 6.07) is 10.4. The standard InChI is InChI=1S/C11H7ClO2/c12-10-3-1-2-7-4-5-8(11(13)14)6-9(7)10/h1-6H,(H,13,14). The van der Waals surface area contributed by atoms with Gasteiger partial charge in [-0.05, 0) is 23.6 Å². The Morgan fingerprint density at radius 3 is 2.71 bits per heavy atom. The number of fused-ring (bicyclic) bond motifs is 1. The van der Waals surface area contributed by atoms with Gasteiger partial charge in [0.1, 0.15) is 0 Å². The van der Waals surface area contributed by atoms with Crippen LogP contribution in [0.25, 0.3) is 10.8 Å². The molecule has 0 saturated heterocycles. The Bertz CT molecular complexity index is 506. The van der Waals surface area contributed by atoms with Crippen molar-refractivity contribution in [3.05, 3.63) is 47.0 Å². The van der Waals surface area contributed by atoms with E-state index in [-0.39, 0.29) is 5.56 Å². The van der Waals surface area contributed by atoms with E-state index in [0.717, 1.165) is 10.8 Å². The molecule has 0 saturated carbocycles. The Kier molecular flexibility index (Phi) is 2.14. The number of hydrogen-bond donors (Lipinski definition) is 1. The zero-order valence-electron chi connectivity index (χ0n) is 7.20. The molecule has 0 unspecified atom stereocenters. The number of carbonyl (C=O) groups is 1. The Balaban J connectivity index is 2.76. The van der Waals surface area contributed by atoms with E-state index in [2.05, 4.69) is 0 Å². The molecule has 2 rings (SSSR count). The van der Waals surface area contributed by atoms with Crippen LogP contribution in [0.5, 0.6) is 0 Å². The first-order valence-corrected chi connectivity index (χ1v) is 4.48. The smallest absolute Gasteiger partial charge is 0.335 e. The van der Waals surface area contributed by atoms with Crippen LogP contribution in [0, 0.1) is 0 Å². The number of halogens is 1. The van der Waals surface area contributed by atoms with Crippen molar-refractivity contribution in [3.63, 3.8) is 0 Å². The molecule has 0 amide bonds. The second kappa shape index (κ2) is 3.31. The highest BCUT2D eigenvalue weighted by Crippen LogP contribution is 2.24. The molecule has 2 aromatic rings. The third kappa shape index (κ3) is 1.44. The van der Waals surface area contributed by atoms with Gasteiger partial charge in [-0.1, -0.05) is 29.8 Å². The van der Waals surface area contributed by atoms with Crippen molar-refractivity contribution < 1.29 is 9.90 Å². The van der Waals surface area contributed by atoms with Gasteiger partial charge in [0.05, 0.1) is 5.56 Å². The predicted molar refractivity (Wildman–Crippen MR) is 55.9 cm³/mol. The zero-order valence-corrected chi connectivity index (χ0v) is 7.95. The summed E-state index contributed by atoms with van der Waals surface area (Å²) in [5.74, 6) is -0.938. The molecule has 0 aliphatic rings. The maximum atomic E-state index is 10.7. The van der Waals surface area contributed by atoms with Crippen molar-refractivity contribution in [1.29, 1.82) is 0 Å². The summed E-state index contributed by atoms with van der Waals surface area (Å²) in [6.45, 7) is 0. The van der Waals surface area contributed by atoms with Crippen molar-refractivity contribution in [3.8, 4) is 0 Å². The first kappa shape index (κ1) is 9.03. The van der Waals surface area contributed by atoms with Gasteiger partial charge in [0.25, 0.3) is 0 Å². The number of rotatable bonds is 1. The molecule has 70 valence electrons. The minimum atomic E-state index is -0.938. The van der Waals surface area contributed by atoms with Gasteiger partial charge in [0, 0.05) is 10.4 Å². The molecule has 0 aliphatic carbocycles. The van der Waals surface area contributed by atoms with E-state index in [4.69, 9.17) is 16.7 Å². The first-order valence-electron chi connectivity index (χ1n) is 4.10. The van der Waals surface area contributed by atoms with Gasteiger partial charge < -0.3 is 5.11 Å². The van der Waals surface area contributed by atoms with E-state index >= 15 is 0 Å². The number of benzene rings is 2. The largest absolute Gasteiger partial charge is 0.478 e. The molecule has 0 fully saturated rings. The van der Waals surface area contributed by atoms with Crippen LogP contribution >= 0.6 is 11.6 Å². The van der Waals surface area contributed by atoms with Crippen molar-refractivity contribution in [2.45, 2.75) is 0 Å². The Morgan fingerprint density at radius 2 is 2.00 bits per heavy atom. The Morgan fingerprint density at radius 1 is 1.21 bits per heavy atom. The van der Waals surface area contributed by atoms with Crippen LogP contribution in [-0.4, -0.2) is 11.1 Å². The topological polar surface area (TPSA) is 37.3 Å². The first-order chi connectivity index (χ1) is 6.68. The highest BCUT2D eigenvalue weighted by Gasteiger charge is 2.04. The molecule has 0 aliphatic heterocycles. The van der Waals surface area contributed by atoms with Gasteiger partial charge in [-0.2, -0.15) is 0 Å². The lowest BCUT2D eigenvalue weighted by molar-refractivity contribution is 0.0697. The predicted octanol–water partition coefficient (Wildman–Crippen LogP) is 3.19. The lowest BCUT2D eigenvalue weighted by Crippen LogP contribution is -1.95. The van der Waals surface area contributed by atoms with Gasteiger partial charge in [-0.3, -0.25) is 0 Å². The minimum Gasteiger partial charge on any atom is -0.478 e. The molecule has 3 heteroatoms. The lowest BCUT2D eigenvalue weighted by atomic mass is 10.1. The third-order valence-corrected chi connectivity index (χ3v) is 2.41. The summed E-state index contributed by atoms with van der Waals surface area (Å²) in [5, 5.41) is 11.1. The van der Waals surface area contributed by atoms with Crippen LogP contribution in [0.4, 0.5) is 0 Å². The summed E-state index contributed by atoms with van der Waals surface area (Å²) in [5.41, 5.74) is 0.255. The van der Waals surface area contributed by atoms with Crippen LogP contribution < -0.4 is 0 Å². The fraction of sp³-hybridized carbons (Fsp3) is 0. The SMILES string of the molecule is O=C(O)c1ccc2cccc(Cl)c2c1. The fourth-order valence-electron chi connectivity index (χ4n) is 1.37. The quantitative estimate of drug-likeness (QED) is 0.778. The molecule has 0 bridgehead atoms. The van der Waals surface area contributed by atoms with E-state index < -0.39 is 5.97 Å². The maximum Gasteiger partial charge on any atom is 0.335 e. The van der Waals surface area contributed by atoms with E-state index in [0.29, 0.717) is 5.02 Å². The van der Waals surface area contributed by atoms with E-state index in [1.165, 1.54) is 0 Å². The summed E-state index contributed by atoms with van der Waals surface area (Å²) in [4.78, 5) is 10.7. The molecule has 14 heavy (non-hydrogen) atoms. The monoisotopic (exact) mass is 206 g/mol. The number of carboxylic acid groups (broad SMARTS) is 1. The van der Waals surface area contributed by atoms with E-state index in [1.807, 2.05) is 12.1 Å². The molecule has 2 aromatic carbocycles. The highest BCUT2D eigenvalue weighted by molar-refractivity contribution is 6.35. The average molecular weight is 207 g/mol. The average Bonchev–Trinajstić information content (AvgIpc) is 2.18. The van der Waals surface area contributed by atoms with Crippen LogP contribution in [-0.2, 0) is 0 Å². The molecule has 1 N–H and O–H groups in total. The summed E-state index contributed by atoms with van der Waals surface area (Å²) in [6.07, 6.45) is 0. The van der Waals surface area contributed by atoms with Gasteiger partial charge in [-0.15, -0.1) is 0 Å². The van der Waals surface area contributed by atoms with Crippen LogP contribution in [0.3, 0.4) is 0 Å². The second-order valence-electron chi connectivity index (χ2n) is 2.98. The number of aromatic carboxylic acids is 1. The van der Waals surface area contributed by atoms with Crippen LogP contribution in [0.1, 0.15) is 10.4 Å². The molecule has 0 radical (unpaired) electrons. The van der Waals surface area contributed by atoms with Crippen molar-refractivity contribution in [2.24, 2.45) is 0 Å². The number of hydrogen-bond acceptors (Lipinski definition) is 1. The van der Waals surface area contributed by atoms with Gasteiger partial charge in [0.15, 0.2) is 0 Å². The maximum absolute atomic E-state index is 10.7. The molecular weight excluding hydrogens is 200 g/mol. The van der Waals surface area contributed by atoms with Gasteiger partial charge >= 0.3 is 5.97 Å². The van der Waals surface area contributed by atoms with Gasteiger partial charge in [0.2, 0.25) is 0 Å². The van der Waals surface area contributed by atoms with E-state index in [1.54, 1.807) is 24.3 Å². The number of carboxylic acids is 1. The molecule has 0 spiro atoms.